The van der Waals surface area contributed by atoms with Crippen molar-refractivity contribution in [2.24, 2.45) is 0 Å². The summed E-state index contributed by atoms with van der Waals surface area (Å²) in [4.78, 5) is 12.9. The first kappa shape index (κ1) is 13.8. The van der Waals surface area contributed by atoms with Crippen LogP contribution < -0.4 is 10.2 Å². The quantitative estimate of drug-likeness (QED) is 0.751. The van der Waals surface area contributed by atoms with Crippen LogP contribution in [-0.4, -0.2) is 45.0 Å². The van der Waals surface area contributed by atoms with Crippen molar-refractivity contribution in [2.75, 3.05) is 20.2 Å². The Balaban J connectivity index is 2.37. The number of benzene rings is 1. The van der Waals surface area contributed by atoms with Crippen LogP contribution in [0.4, 0.5) is 13.2 Å². The first-order chi connectivity index (χ1) is 8.81. The maximum absolute atomic E-state index is 12.4. The highest BCUT2D eigenvalue weighted by molar-refractivity contribution is 6.32. The normalized spacial score (nSPS) is 15.4. The van der Waals surface area contributed by atoms with Crippen LogP contribution in [0.15, 0.2) is 12.1 Å². The molecule has 2 rings (SSSR count). The molecule has 0 saturated heterocycles. The summed E-state index contributed by atoms with van der Waals surface area (Å²) in [5.41, 5.74) is 1.22. The number of carbonyl (C=O) groups is 1. The van der Waals surface area contributed by atoms with Gasteiger partial charge in [-0.05, 0) is 18.1 Å². The van der Waals surface area contributed by atoms with Crippen molar-refractivity contribution in [3.63, 3.8) is 0 Å². The number of carbonyl (C=O) groups excluding carboxylic acids is 1. The zero-order valence-electron chi connectivity index (χ0n) is 10.3. The minimum Gasteiger partial charge on any atom is -0.496 e. The van der Waals surface area contributed by atoms with Crippen molar-refractivity contribution in [2.45, 2.75) is 12.6 Å². The average Bonchev–Trinajstić information content (AvgIpc) is 2.30. The van der Waals surface area contributed by atoms with Gasteiger partial charge in [0.25, 0.3) is 5.91 Å². The highest BCUT2D eigenvalue weighted by Crippen LogP contribution is 2.29. The molecule has 0 atom stereocenters. The molecule has 1 amide bonds. The lowest BCUT2D eigenvalue weighted by Crippen LogP contribution is -2.43. The fraction of sp³-hybridized carbons (Fsp3) is 0.417. The van der Waals surface area contributed by atoms with Gasteiger partial charge in [-0.15, -0.1) is 0 Å². The van der Waals surface area contributed by atoms with Crippen LogP contribution >= 0.6 is 0 Å². The van der Waals surface area contributed by atoms with E-state index in [1.807, 2.05) is 0 Å². The second-order valence-electron chi connectivity index (χ2n) is 4.35. The number of ether oxygens (including phenoxy) is 1. The van der Waals surface area contributed by atoms with E-state index in [1.54, 1.807) is 6.07 Å². The number of fused-ring (bicyclic) bond motifs is 1. The second-order valence-corrected chi connectivity index (χ2v) is 4.35. The van der Waals surface area contributed by atoms with E-state index >= 15 is 0 Å². The summed E-state index contributed by atoms with van der Waals surface area (Å²) in [6, 6.07) is 3.04. The standard InChI is InChI=1S/C12H11BF3NO2/c1-19-9-5-8(13)4-7-2-3-17(6-12(14,15)16)11(18)10(7)9/h4-5H,2-3,6H2,1H3. The van der Waals surface area contributed by atoms with Crippen molar-refractivity contribution in [3.05, 3.63) is 23.3 Å². The van der Waals surface area contributed by atoms with E-state index in [0.29, 0.717) is 17.4 Å². The smallest absolute Gasteiger partial charge is 0.406 e. The van der Waals surface area contributed by atoms with Gasteiger partial charge >= 0.3 is 6.18 Å². The number of alkyl halides is 3. The number of halogens is 3. The number of methoxy groups -OCH3 is 1. The van der Waals surface area contributed by atoms with Crippen LogP contribution in [0.2, 0.25) is 0 Å². The summed E-state index contributed by atoms with van der Waals surface area (Å²) in [5.74, 6) is -0.456. The average molecular weight is 269 g/mol. The molecule has 3 nitrogen and oxygen atoms in total. The minimum absolute atomic E-state index is 0.0257. The molecule has 100 valence electrons. The van der Waals surface area contributed by atoms with Crippen molar-refractivity contribution < 1.29 is 22.7 Å². The Labute approximate surface area is 109 Å². The molecule has 1 heterocycles. The zero-order valence-corrected chi connectivity index (χ0v) is 10.3. The maximum Gasteiger partial charge on any atom is 0.406 e. The van der Waals surface area contributed by atoms with Crippen molar-refractivity contribution >= 4 is 19.2 Å². The predicted octanol–water partition coefficient (Wildman–Crippen LogP) is 1.05. The lowest BCUT2D eigenvalue weighted by atomic mass is 9.88. The number of rotatable bonds is 2. The molecule has 19 heavy (non-hydrogen) atoms. The second kappa shape index (κ2) is 4.79. The van der Waals surface area contributed by atoms with Crippen molar-refractivity contribution in [1.82, 2.24) is 4.90 Å². The first-order valence-corrected chi connectivity index (χ1v) is 5.64. The van der Waals surface area contributed by atoms with E-state index < -0.39 is 18.6 Å². The van der Waals surface area contributed by atoms with Gasteiger partial charge in [-0.2, -0.15) is 13.2 Å². The number of amides is 1. The predicted molar refractivity (Wildman–Crippen MR) is 64.0 cm³/mol. The molecular weight excluding hydrogens is 258 g/mol. The molecule has 7 heteroatoms. The Hall–Kier alpha value is -1.66. The molecule has 0 saturated carbocycles. The summed E-state index contributed by atoms with van der Waals surface area (Å²) < 4.78 is 42.2. The molecule has 0 unspecified atom stereocenters. The molecule has 1 aromatic rings. The van der Waals surface area contributed by atoms with Gasteiger partial charge < -0.3 is 9.64 Å². The summed E-state index contributed by atoms with van der Waals surface area (Å²) in [7, 11) is 7.01. The molecule has 1 aliphatic heterocycles. The van der Waals surface area contributed by atoms with Crippen LogP contribution in [0.3, 0.4) is 0 Å². The number of hydrogen-bond acceptors (Lipinski definition) is 2. The van der Waals surface area contributed by atoms with Crippen molar-refractivity contribution in [1.29, 1.82) is 0 Å². The molecule has 0 aliphatic carbocycles. The summed E-state index contributed by atoms with van der Waals surface area (Å²) >= 11 is 0. The molecule has 0 spiro atoms. The minimum atomic E-state index is -4.41. The molecule has 2 radical (unpaired) electrons. The Morgan fingerprint density at radius 2 is 2.11 bits per heavy atom. The monoisotopic (exact) mass is 269 g/mol. The fourth-order valence-corrected chi connectivity index (χ4v) is 2.18. The van der Waals surface area contributed by atoms with Crippen LogP contribution in [0, 0.1) is 0 Å². The van der Waals surface area contributed by atoms with E-state index in [9.17, 15) is 18.0 Å². The Bertz CT molecular complexity index is 499. The highest BCUT2D eigenvalue weighted by Gasteiger charge is 2.36. The van der Waals surface area contributed by atoms with E-state index in [1.165, 1.54) is 13.2 Å². The van der Waals surface area contributed by atoms with E-state index in [4.69, 9.17) is 12.6 Å². The molecule has 0 fully saturated rings. The van der Waals surface area contributed by atoms with Crippen LogP contribution in [0.25, 0.3) is 0 Å². The van der Waals surface area contributed by atoms with Gasteiger partial charge in [-0.25, -0.2) is 0 Å². The van der Waals surface area contributed by atoms with E-state index in [0.717, 1.165) is 4.90 Å². The third-order valence-corrected chi connectivity index (χ3v) is 2.95. The van der Waals surface area contributed by atoms with Gasteiger partial charge in [0.2, 0.25) is 0 Å². The van der Waals surface area contributed by atoms with Crippen LogP contribution in [-0.2, 0) is 6.42 Å². The Morgan fingerprint density at radius 1 is 1.42 bits per heavy atom. The Morgan fingerprint density at radius 3 is 2.68 bits per heavy atom. The van der Waals surface area contributed by atoms with Gasteiger partial charge in [0.1, 0.15) is 20.1 Å². The summed E-state index contributed by atoms with van der Waals surface area (Å²) in [5, 5.41) is 0. The molecule has 1 aliphatic rings. The molecule has 0 aromatic heterocycles. The van der Waals surface area contributed by atoms with Gasteiger partial charge in [-0.1, -0.05) is 11.5 Å². The van der Waals surface area contributed by atoms with Gasteiger partial charge in [0.15, 0.2) is 0 Å². The van der Waals surface area contributed by atoms with Crippen molar-refractivity contribution in [3.8, 4) is 5.75 Å². The lowest BCUT2D eigenvalue weighted by Gasteiger charge is -2.30. The fourth-order valence-electron chi connectivity index (χ4n) is 2.18. The topological polar surface area (TPSA) is 29.5 Å². The van der Waals surface area contributed by atoms with Gasteiger partial charge in [-0.3, -0.25) is 4.79 Å². The van der Waals surface area contributed by atoms with E-state index in [-0.39, 0.29) is 17.9 Å². The summed E-state index contributed by atoms with van der Waals surface area (Å²) in [6.45, 7) is -1.23. The van der Waals surface area contributed by atoms with E-state index in [2.05, 4.69) is 0 Å². The number of hydrogen-bond donors (Lipinski definition) is 0. The Kier molecular flexibility index (Phi) is 3.47. The SMILES string of the molecule is [B]c1cc2c(c(OC)c1)C(=O)N(CC(F)(F)F)CC2. The third kappa shape index (κ3) is 2.85. The lowest BCUT2D eigenvalue weighted by molar-refractivity contribution is -0.141. The van der Waals surface area contributed by atoms with Gasteiger partial charge in [0.05, 0.1) is 12.7 Å². The molecule has 1 aromatic carbocycles. The molecule has 0 bridgehead atoms. The zero-order chi connectivity index (χ0) is 14.2. The highest BCUT2D eigenvalue weighted by atomic mass is 19.4. The first-order valence-electron chi connectivity index (χ1n) is 5.64. The number of nitrogens with zero attached hydrogens (tertiary/aromatic N) is 1. The maximum atomic E-state index is 12.4. The largest absolute Gasteiger partial charge is 0.496 e. The third-order valence-electron chi connectivity index (χ3n) is 2.95. The summed E-state index contributed by atoms with van der Waals surface area (Å²) in [6.07, 6.45) is -4.08. The molecular formula is C12H11BF3NO2. The molecule has 0 N–H and O–H groups in total. The van der Waals surface area contributed by atoms with Crippen LogP contribution in [0.1, 0.15) is 15.9 Å². The van der Waals surface area contributed by atoms with Crippen LogP contribution in [0.5, 0.6) is 5.75 Å². The van der Waals surface area contributed by atoms with Gasteiger partial charge in [0, 0.05) is 6.54 Å².